The third-order valence-electron chi connectivity index (χ3n) is 6.04. The van der Waals surface area contributed by atoms with Crippen molar-refractivity contribution in [3.8, 4) is 0 Å². The van der Waals surface area contributed by atoms with Crippen LogP contribution in [0.15, 0.2) is 48.5 Å². The highest BCUT2D eigenvalue weighted by Crippen LogP contribution is 2.18. The van der Waals surface area contributed by atoms with Crippen LogP contribution in [0.1, 0.15) is 59.9 Å². The first-order chi connectivity index (χ1) is 15.7. The average molecular weight is 470 g/mol. The Morgan fingerprint density at radius 2 is 1.42 bits per heavy atom. The molecule has 0 spiro atoms. The van der Waals surface area contributed by atoms with Gasteiger partial charge in [-0.3, -0.25) is 14.4 Å². The summed E-state index contributed by atoms with van der Waals surface area (Å²) in [5.74, 6) is -0.214. The Labute approximate surface area is 200 Å². The fraction of sp³-hybridized carbons (Fsp3) is 0.423. The molecule has 6 nitrogen and oxygen atoms in total. The first kappa shape index (κ1) is 24.8. The summed E-state index contributed by atoms with van der Waals surface area (Å²) < 4.78 is 0. The quantitative estimate of drug-likeness (QED) is 0.689. The molecule has 0 aliphatic carbocycles. The molecule has 1 aliphatic rings. The molecule has 7 heteroatoms. The molecule has 2 aromatic rings. The highest BCUT2D eigenvalue weighted by atomic mass is 35.5. The van der Waals surface area contributed by atoms with Gasteiger partial charge in [-0.1, -0.05) is 63.6 Å². The van der Waals surface area contributed by atoms with Crippen LogP contribution in [-0.4, -0.2) is 59.7 Å². The SMILES string of the molecule is CC(C)c1ccc(C(=O)N2CCN(C(=O)C(NC(=O)c3ccccc3Cl)C(C)C)CC2)cc1. The van der Waals surface area contributed by atoms with Crippen molar-refractivity contribution >= 4 is 29.3 Å². The van der Waals surface area contributed by atoms with Gasteiger partial charge in [0, 0.05) is 31.7 Å². The smallest absolute Gasteiger partial charge is 0.253 e. The monoisotopic (exact) mass is 469 g/mol. The summed E-state index contributed by atoms with van der Waals surface area (Å²) in [5.41, 5.74) is 2.20. The molecule has 1 saturated heterocycles. The van der Waals surface area contributed by atoms with Gasteiger partial charge in [-0.2, -0.15) is 0 Å². The largest absolute Gasteiger partial charge is 0.340 e. The van der Waals surface area contributed by atoms with Crippen LogP contribution in [0.5, 0.6) is 0 Å². The van der Waals surface area contributed by atoms with E-state index in [1.807, 2.05) is 38.1 Å². The standard InChI is InChI=1S/C26H32ClN3O3/c1-17(2)19-9-11-20(12-10-19)25(32)29-13-15-30(16-14-29)26(33)23(18(3)4)28-24(31)21-7-5-6-8-22(21)27/h5-12,17-18,23H,13-16H2,1-4H3,(H,28,31). The number of rotatable bonds is 6. The van der Waals surface area contributed by atoms with Crippen LogP contribution >= 0.6 is 11.6 Å². The molecule has 2 aromatic carbocycles. The summed E-state index contributed by atoms with van der Waals surface area (Å²) >= 11 is 6.14. The molecule has 0 aromatic heterocycles. The predicted molar refractivity (Wildman–Crippen MR) is 131 cm³/mol. The Balaban J connectivity index is 1.61. The van der Waals surface area contributed by atoms with Crippen molar-refractivity contribution in [1.82, 2.24) is 15.1 Å². The van der Waals surface area contributed by atoms with Gasteiger partial charge in [-0.15, -0.1) is 0 Å². The summed E-state index contributed by atoms with van der Waals surface area (Å²) in [6, 6.07) is 13.8. The number of nitrogens with one attached hydrogen (secondary N) is 1. The van der Waals surface area contributed by atoms with Crippen LogP contribution in [0.4, 0.5) is 0 Å². The van der Waals surface area contributed by atoms with Gasteiger partial charge in [0.15, 0.2) is 0 Å². The maximum absolute atomic E-state index is 13.2. The maximum Gasteiger partial charge on any atom is 0.253 e. The molecular weight excluding hydrogens is 438 g/mol. The second kappa shape index (κ2) is 10.8. The summed E-state index contributed by atoms with van der Waals surface area (Å²) in [6.45, 7) is 9.81. The van der Waals surface area contributed by atoms with Crippen molar-refractivity contribution < 1.29 is 14.4 Å². The second-order valence-corrected chi connectivity index (χ2v) is 9.48. The fourth-order valence-electron chi connectivity index (χ4n) is 3.90. The zero-order valence-electron chi connectivity index (χ0n) is 19.7. The zero-order chi connectivity index (χ0) is 24.1. The van der Waals surface area contributed by atoms with E-state index in [2.05, 4.69) is 19.2 Å². The lowest BCUT2D eigenvalue weighted by molar-refractivity contribution is -0.135. The summed E-state index contributed by atoms with van der Waals surface area (Å²) in [4.78, 5) is 42.3. The van der Waals surface area contributed by atoms with Crippen LogP contribution in [0.3, 0.4) is 0 Å². The first-order valence-electron chi connectivity index (χ1n) is 11.4. The summed E-state index contributed by atoms with van der Waals surface area (Å²) in [5, 5.41) is 3.20. The summed E-state index contributed by atoms with van der Waals surface area (Å²) in [6.07, 6.45) is 0. The molecule has 0 bridgehead atoms. The third kappa shape index (κ3) is 5.93. The molecule has 1 unspecified atom stereocenters. The lowest BCUT2D eigenvalue weighted by Crippen LogP contribution is -2.57. The highest BCUT2D eigenvalue weighted by Gasteiger charge is 2.32. The number of halogens is 1. The molecule has 0 saturated carbocycles. The molecule has 1 fully saturated rings. The number of amides is 3. The number of piperazine rings is 1. The van der Waals surface area contributed by atoms with E-state index in [4.69, 9.17) is 11.6 Å². The van der Waals surface area contributed by atoms with E-state index >= 15 is 0 Å². The Bertz CT molecular complexity index is 996. The fourth-order valence-corrected chi connectivity index (χ4v) is 4.12. The van der Waals surface area contributed by atoms with Crippen molar-refractivity contribution in [1.29, 1.82) is 0 Å². The number of carbonyl (C=O) groups is 3. The normalized spacial score (nSPS) is 15.0. The predicted octanol–water partition coefficient (Wildman–Crippen LogP) is 4.20. The minimum atomic E-state index is -0.667. The van der Waals surface area contributed by atoms with E-state index in [-0.39, 0.29) is 23.6 Å². The van der Waals surface area contributed by atoms with E-state index in [0.29, 0.717) is 48.2 Å². The van der Waals surface area contributed by atoms with Gasteiger partial charge in [0.05, 0.1) is 10.6 Å². The first-order valence-corrected chi connectivity index (χ1v) is 11.8. The molecule has 176 valence electrons. The van der Waals surface area contributed by atoms with Crippen LogP contribution in [-0.2, 0) is 4.79 Å². The van der Waals surface area contributed by atoms with Gasteiger partial charge in [0.2, 0.25) is 5.91 Å². The molecule has 33 heavy (non-hydrogen) atoms. The van der Waals surface area contributed by atoms with E-state index in [9.17, 15) is 14.4 Å². The maximum atomic E-state index is 13.2. The van der Waals surface area contributed by atoms with Gasteiger partial charge in [0.25, 0.3) is 11.8 Å². The Morgan fingerprint density at radius 3 is 1.97 bits per heavy atom. The lowest BCUT2D eigenvalue weighted by Gasteiger charge is -2.37. The van der Waals surface area contributed by atoms with E-state index < -0.39 is 6.04 Å². The molecule has 1 atom stereocenters. The van der Waals surface area contributed by atoms with E-state index in [0.717, 1.165) is 0 Å². The van der Waals surface area contributed by atoms with Gasteiger partial charge >= 0.3 is 0 Å². The van der Waals surface area contributed by atoms with Crippen molar-refractivity contribution in [2.45, 2.75) is 39.7 Å². The topological polar surface area (TPSA) is 69.7 Å². The second-order valence-electron chi connectivity index (χ2n) is 9.07. The van der Waals surface area contributed by atoms with Gasteiger partial charge in [-0.05, 0) is 41.7 Å². The van der Waals surface area contributed by atoms with Crippen LogP contribution in [0.25, 0.3) is 0 Å². The molecular formula is C26H32ClN3O3. The van der Waals surface area contributed by atoms with Crippen LogP contribution in [0, 0.1) is 5.92 Å². The third-order valence-corrected chi connectivity index (χ3v) is 6.37. The number of carbonyl (C=O) groups excluding carboxylic acids is 3. The van der Waals surface area contributed by atoms with Crippen molar-refractivity contribution in [3.05, 3.63) is 70.2 Å². The van der Waals surface area contributed by atoms with Crippen molar-refractivity contribution in [2.24, 2.45) is 5.92 Å². The molecule has 1 aliphatic heterocycles. The molecule has 1 heterocycles. The Morgan fingerprint density at radius 1 is 0.848 bits per heavy atom. The van der Waals surface area contributed by atoms with Gasteiger partial charge < -0.3 is 15.1 Å². The Hall–Kier alpha value is -2.86. The molecule has 1 N–H and O–H groups in total. The molecule has 3 rings (SSSR count). The van der Waals surface area contributed by atoms with E-state index in [1.54, 1.807) is 34.1 Å². The van der Waals surface area contributed by atoms with Crippen molar-refractivity contribution in [2.75, 3.05) is 26.2 Å². The lowest BCUT2D eigenvalue weighted by atomic mass is 10.0. The van der Waals surface area contributed by atoms with Crippen molar-refractivity contribution in [3.63, 3.8) is 0 Å². The number of benzene rings is 2. The minimum Gasteiger partial charge on any atom is -0.340 e. The van der Waals surface area contributed by atoms with Gasteiger partial charge in [-0.25, -0.2) is 0 Å². The highest BCUT2D eigenvalue weighted by molar-refractivity contribution is 6.33. The number of hydrogen-bond acceptors (Lipinski definition) is 3. The van der Waals surface area contributed by atoms with Crippen LogP contribution in [0.2, 0.25) is 5.02 Å². The average Bonchev–Trinajstić information content (AvgIpc) is 2.81. The minimum absolute atomic E-state index is 0.0233. The Kier molecular flexibility index (Phi) is 8.14. The van der Waals surface area contributed by atoms with Gasteiger partial charge in [0.1, 0.15) is 6.04 Å². The molecule has 3 amide bonds. The van der Waals surface area contributed by atoms with E-state index in [1.165, 1.54) is 5.56 Å². The number of hydrogen-bond donors (Lipinski definition) is 1. The molecule has 0 radical (unpaired) electrons. The zero-order valence-corrected chi connectivity index (χ0v) is 20.4. The summed E-state index contributed by atoms with van der Waals surface area (Å²) in [7, 11) is 0. The van der Waals surface area contributed by atoms with Crippen LogP contribution < -0.4 is 5.32 Å². The number of nitrogens with zero attached hydrogens (tertiary/aromatic N) is 2.